The van der Waals surface area contributed by atoms with E-state index in [-0.39, 0.29) is 11.7 Å². The molecule has 0 spiro atoms. The first-order valence-electron chi connectivity index (χ1n) is 12.1. The number of hydrogen-bond donors (Lipinski definition) is 0. The fourth-order valence-corrected chi connectivity index (χ4v) is 5.00. The van der Waals surface area contributed by atoms with Gasteiger partial charge in [-0.25, -0.2) is 0 Å². The van der Waals surface area contributed by atoms with E-state index in [9.17, 15) is 4.79 Å². The molecule has 0 amide bonds. The lowest BCUT2D eigenvalue weighted by Crippen LogP contribution is -2.35. The van der Waals surface area contributed by atoms with Crippen molar-refractivity contribution in [3.8, 4) is 5.75 Å². The van der Waals surface area contributed by atoms with E-state index in [2.05, 4.69) is 59.5 Å². The molecular weight excluding hydrogens is 406 g/mol. The van der Waals surface area contributed by atoms with Crippen molar-refractivity contribution in [2.45, 2.75) is 31.8 Å². The summed E-state index contributed by atoms with van der Waals surface area (Å²) in [5.74, 6) is 1.68. The molecule has 1 heterocycles. The van der Waals surface area contributed by atoms with Crippen LogP contribution in [0.1, 0.15) is 52.2 Å². The second-order valence-electron chi connectivity index (χ2n) is 9.17. The number of likely N-dealkylation sites (tertiary alicyclic amines) is 1. The summed E-state index contributed by atoms with van der Waals surface area (Å²) in [6.07, 6.45) is 7.47. The Morgan fingerprint density at radius 3 is 2.36 bits per heavy atom. The Balaban J connectivity index is 1.13. The molecule has 1 unspecified atom stereocenters. The number of piperidine rings is 1. The van der Waals surface area contributed by atoms with Crippen molar-refractivity contribution in [2.24, 2.45) is 5.92 Å². The summed E-state index contributed by atoms with van der Waals surface area (Å²) >= 11 is 0. The van der Waals surface area contributed by atoms with Gasteiger partial charge >= 0.3 is 0 Å². The predicted octanol–water partition coefficient (Wildman–Crippen LogP) is 6.36. The quantitative estimate of drug-likeness (QED) is 0.431. The predicted molar refractivity (Wildman–Crippen MR) is 134 cm³/mol. The average molecular weight is 438 g/mol. The highest BCUT2D eigenvalue weighted by atomic mass is 16.5. The van der Waals surface area contributed by atoms with Crippen molar-refractivity contribution in [1.29, 1.82) is 0 Å². The van der Waals surface area contributed by atoms with Crippen LogP contribution < -0.4 is 4.74 Å². The van der Waals surface area contributed by atoms with Gasteiger partial charge in [0.1, 0.15) is 12.4 Å². The van der Waals surface area contributed by atoms with Crippen molar-refractivity contribution >= 4 is 11.9 Å². The molecule has 1 aliphatic heterocycles. The second kappa shape index (κ2) is 10.2. The number of ether oxygens (including phenoxy) is 1. The summed E-state index contributed by atoms with van der Waals surface area (Å²) in [5.41, 5.74) is 4.38. The lowest BCUT2D eigenvalue weighted by atomic mass is 9.85. The number of ketones is 1. The van der Waals surface area contributed by atoms with Gasteiger partial charge in [-0.2, -0.15) is 0 Å². The number of hydrogen-bond acceptors (Lipinski definition) is 3. The lowest BCUT2D eigenvalue weighted by molar-refractivity contribution is 0.0926. The Bertz CT molecular complexity index is 1100. The number of nitrogens with zero attached hydrogens (tertiary/aromatic N) is 1. The van der Waals surface area contributed by atoms with Crippen molar-refractivity contribution in [3.63, 3.8) is 0 Å². The van der Waals surface area contributed by atoms with Crippen LogP contribution in [0, 0.1) is 5.92 Å². The third kappa shape index (κ3) is 5.26. The Hall–Kier alpha value is -3.17. The summed E-state index contributed by atoms with van der Waals surface area (Å²) in [7, 11) is 0. The summed E-state index contributed by atoms with van der Waals surface area (Å²) in [5, 5.41) is 0. The molecule has 0 saturated carbocycles. The van der Waals surface area contributed by atoms with Crippen LogP contribution in [0.5, 0.6) is 5.75 Å². The number of Topliss-reactive ketones (excluding diaryl/α,β-unsaturated/α-hetero) is 1. The highest BCUT2D eigenvalue weighted by Crippen LogP contribution is 2.31. The fraction of sp³-hybridized carbons (Fsp3) is 0.300. The van der Waals surface area contributed by atoms with E-state index >= 15 is 0 Å². The molecule has 3 heteroatoms. The van der Waals surface area contributed by atoms with E-state index in [0.717, 1.165) is 48.5 Å². The zero-order chi connectivity index (χ0) is 22.5. The van der Waals surface area contributed by atoms with E-state index in [1.54, 1.807) is 0 Å². The summed E-state index contributed by atoms with van der Waals surface area (Å²) in [6, 6.07) is 26.8. The van der Waals surface area contributed by atoms with Gasteiger partial charge in [0.25, 0.3) is 0 Å². The normalized spacial score (nSPS) is 18.8. The number of fused-ring (bicyclic) bond motifs is 1. The van der Waals surface area contributed by atoms with Crippen LogP contribution in [0.3, 0.4) is 0 Å². The Morgan fingerprint density at radius 2 is 1.61 bits per heavy atom. The van der Waals surface area contributed by atoms with E-state index < -0.39 is 0 Å². The van der Waals surface area contributed by atoms with Crippen LogP contribution >= 0.6 is 0 Å². The smallest absolute Gasteiger partial charge is 0.170 e. The molecule has 0 bridgehead atoms. The molecule has 1 aliphatic carbocycles. The standard InChI is InChI=1S/C30H31NO2/c32-30-26(17-20-31-18-15-25(16-19-31)24-9-5-2-6-10-24)11-12-27-21-28(13-14-29(27)30)33-22-23-7-3-1-4-8-23/h1-14,21,25-26H,15-20,22H2. The molecule has 1 fully saturated rings. The third-order valence-corrected chi connectivity index (χ3v) is 7.00. The summed E-state index contributed by atoms with van der Waals surface area (Å²) in [6.45, 7) is 3.74. The lowest BCUT2D eigenvalue weighted by Gasteiger charge is -2.33. The maximum atomic E-state index is 13.1. The number of allylic oxidation sites excluding steroid dienone is 1. The molecule has 5 rings (SSSR count). The van der Waals surface area contributed by atoms with Gasteiger partial charge in [0.2, 0.25) is 0 Å². The Kier molecular flexibility index (Phi) is 6.68. The first-order valence-corrected chi connectivity index (χ1v) is 12.1. The van der Waals surface area contributed by atoms with E-state index in [1.807, 2.05) is 36.4 Å². The monoisotopic (exact) mass is 437 g/mol. The number of rotatable bonds is 7. The zero-order valence-corrected chi connectivity index (χ0v) is 19.0. The van der Waals surface area contributed by atoms with E-state index in [0.29, 0.717) is 12.5 Å². The molecule has 0 radical (unpaired) electrons. The third-order valence-electron chi connectivity index (χ3n) is 7.00. The first-order chi connectivity index (χ1) is 16.3. The van der Waals surface area contributed by atoms with Crippen molar-refractivity contribution in [3.05, 3.63) is 107 Å². The first kappa shape index (κ1) is 21.7. The van der Waals surface area contributed by atoms with Crippen molar-refractivity contribution in [1.82, 2.24) is 4.90 Å². The number of carbonyl (C=O) groups excluding carboxylic acids is 1. The topological polar surface area (TPSA) is 29.5 Å². The number of benzene rings is 3. The highest BCUT2D eigenvalue weighted by molar-refractivity contribution is 6.04. The molecule has 1 atom stereocenters. The Labute approximate surface area is 196 Å². The number of carbonyl (C=O) groups is 1. The maximum Gasteiger partial charge on any atom is 0.170 e. The average Bonchev–Trinajstić information content (AvgIpc) is 2.88. The second-order valence-corrected chi connectivity index (χ2v) is 9.17. The molecular formula is C30H31NO2. The van der Waals surface area contributed by atoms with E-state index in [1.165, 1.54) is 18.4 Å². The minimum atomic E-state index is -0.0274. The maximum absolute atomic E-state index is 13.1. The molecule has 33 heavy (non-hydrogen) atoms. The molecule has 3 aromatic carbocycles. The molecule has 2 aliphatic rings. The van der Waals surface area contributed by atoms with Gasteiger partial charge in [0, 0.05) is 11.5 Å². The largest absolute Gasteiger partial charge is 0.489 e. The van der Waals surface area contributed by atoms with Gasteiger partial charge in [-0.3, -0.25) is 4.79 Å². The van der Waals surface area contributed by atoms with Gasteiger partial charge in [0.15, 0.2) is 5.78 Å². The van der Waals surface area contributed by atoms with Gasteiger partial charge < -0.3 is 9.64 Å². The van der Waals surface area contributed by atoms with Gasteiger partial charge in [-0.05, 0) is 79.7 Å². The minimum Gasteiger partial charge on any atom is -0.489 e. The van der Waals surface area contributed by atoms with Crippen LogP contribution in [0.15, 0.2) is 84.9 Å². The molecule has 1 saturated heterocycles. The molecule has 3 nitrogen and oxygen atoms in total. The highest BCUT2D eigenvalue weighted by Gasteiger charge is 2.26. The van der Waals surface area contributed by atoms with E-state index in [4.69, 9.17) is 4.74 Å². The van der Waals surface area contributed by atoms with Crippen LogP contribution in [0.4, 0.5) is 0 Å². The molecule has 0 N–H and O–H groups in total. The molecule has 0 aromatic heterocycles. The van der Waals surface area contributed by atoms with Crippen molar-refractivity contribution in [2.75, 3.05) is 19.6 Å². The fourth-order valence-electron chi connectivity index (χ4n) is 5.00. The summed E-state index contributed by atoms with van der Waals surface area (Å²) < 4.78 is 5.94. The Morgan fingerprint density at radius 1 is 0.879 bits per heavy atom. The van der Waals surface area contributed by atoms with Crippen LogP contribution in [0.25, 0.3) is 6.08 Å². The molecule has 168 valence electrons. The van der Waals surface area contributed by atoms with Crippen LogP contribution in [-0.2, 0) is 6.61 Å². The van der Waals surface area contributed by atoms with Gasteiger partial charge in [-0.15, -0.1) is 0 Å². The zero-order valence-electron chi connectivity index (χ0n) is 19.0. The SMILES string of the molecule is O=C1c2ccc(OCc3ccccc3)cc2C=CC1CCN1CCC(c2ccccc2)CC1. The van der Waals surface area contributed by atoms with Crippen LogP contribution in [0.2, 0.25) is 0 Å². The molecule has 3 aromatic rings. The van der Waals surface area contributed by atoms with Crippen LogP contribution in [-0.4, -0.2) is 30.3 Å². The summed E-state index contributed by atoms with van der Waals surface area (Å²) in [4.78, 5) is 15.6. The minimum absolute atomic E-state index is 0.0274. The van der Waals surface area contributed by atoms with Crippen molar-refractivity contribution < 1.29 is 9.53 Å². The van der Waals surface area contributed by atoms with Gasteiger partial charge in [0.05, 0.1) is 0 Å². The van der Waals surface area contributed by atoms with Gasteiger partial charge in [-0.1, -0.05) is 72.8 Å².